The molecule has 1 saturated heterocycles. The highest BCUT2D eigenvalue weighted by Crippen LogP contribution is 2.35. The van der Waals surface area contributed by atoms with Crippen molar-refractivity contribution in [1.29, 1.82) is 0 Å². The van der Waals surface area contributed by atoms with Crippen molar-refractivity contribution in [2.75, 3.05) is 13.1 Å². The van der Waals surface area contributed by atoms with Crippen LogP contribution in [0.1, 0.15) is 18.4 Å². The summed E-state index contributed by atoms with van der Waals surface area (Å²) in [5.74, 6) is -1.86. The molecule has 10 heteroatoms. The molecule has 23 heavy (non-hydrogen) atoms. The van der Waals surface area contributed by atoms with E-state index < -0.39 is 37.5 Å². The van der Waals surface area contributed by atoms with Crippen LogP contribution in [0.5, 0.6) is 0 Å². The molecule has 0 aliphatic carbocycles. The number of halogens is 1. The molecular formula is C13H15ClN2O6S. The number of carboxylic acids is 1. The average molecular weight is 363 g/mol. The van der Waals surface area contributed by atoms with E-state index in [-0.39, 0.29) is 18.0 Å². The van der Waals surface area contributed by atoms with E-state index in [2.05, 4.69) is 0 Å². The number of hydrogen-bond acceptors (Lipinski definition) is 5. The molecule has 1 aliphatic rings. The van der Waals surface area contributed by atoms with Gasteiger partial charge in [0, 0.05) is 19.2 Å². The van der Waals surface area contributed by atoms with Crippen LogP contribution in [0.3, 0.4) is 0 Å². The minimum Gasteiger partial charge on any atom is -0.481 e. The normalized spacial score (nSPS) is 19.5. The van der Waals surface area contributed by atoms with Gasteiger partial charge in [0.15, 0.2) is 0 Å². The monoisotopic (exact) mass is 362 g/mol. The zero-order valence-corrected chi connectivity index (χ0v) is 13.8. The zero-order valence-electron chi connectivity index (χ0n) is 12.2. The first-order valence-electron chi connectivity index (χ1n) is 6.82. The molecule has 8 nitrogen and oxygen atoms in total. The predicted molar refractivity (Wildman–Crippen MR) is 82.0 cm³/mol. The van der Waals surface area contributed by atoms with Crippen molar-refractivity contribution in [3.8, 4) is 0 Å². The smallest absolute Gasteiger partial charge is 0.307 e. The molecule has 0 bridgehead atoms. The number of nitro benzene ring substituents is 1. The molecule has 2 rings (SSSR count). The fraction of sp³-hybridized carbons (Fsp3) is 0.462. The number of nitrogens with zero attached hydrogens (tertiary/aromatic N) is 2. The lowest BCUT2D eigenvalue weighted by Crippen LogP contribution is -2.42. The fourth-order valence-corrected chi connectivity index (χ4v) is 4.70. The molecule has 0 amide bonds. The summed E-state index contributed by atoms with van der Waals surface area (Å²) in [4.78, 5) is 21.0. The molecule has 1 atom stereocenters. The second kappa shape index (κ2) is 6.42. The Bertz CT molecular complexity index is 764. The first-order valence-corrected chi connectivity index (χ1v) is 8.64. The summed E-state index contributed by atoms with van der Waals surface area (Å²) in [5.41, 5.74) is -0.108. The van der Waals surface area contributed by atoms with Crippen LogP contribution in [0.15, 0.2) is 17.0 Å². The molecule has 1 heterocycles. The molecule has 1 aliphatic heterocycles. The minimum atomic E-state index is -4.10. The van der Waals surface area contributed by atoms with Crippen LogP contribution in [0.4, 0.5) is 5.69 Å². The Kier molecular flexibility index (Phi) is 4.92. The quantitative estimate of drug-likeness (QED) is 0.646. The topological polar surface area (TPSA) is 118 Å². The van der Waals surface area contributed by atoms with Crippen LogP contribution in [0.2, 0.25) is 5.02 Å². The van der Waals surface area contributed by atoms with Gasteiger partial charge >= 0.3 is 5.97 Å². The van der Waals surface area contributed by atoms with Gasteiger partial charge in [-0.3, -0.25) is 14.9 Å². The van der Waals surface area contributed by atoms with Crippen molar-refractivity contribution >= 4 is 33.3 Å². The number of nitro groups is 1. The lowest BCUT2D eigenvalue weighted by Gasteiger charge is -2.30. The highest BCUT2D eigenvalue weighted by atomic mass is 35.5. The number of aryl methyl sites for hydroxylation is 1. The van der Waals surface area contributed by atoms with Crippen molar-refractivity contribution < 1.29 is 23.2 Å². The number of rotatable bonds is 4. The molecular weight excluding hydrogens is 348 g/mol. The zero-order chi connectivity index (χ0) is 17.4. The van der Waals surface area contributed by atoms with Gasteiger partial charge in [0.2, 0.25) is 10.0 Å². The van der Waals surface area contributed by atoms with Gasteiger partial charge in [-0.25, -0.2) is 8.42 Å². The number of piperidine rings is 1. The molecule has 1 aromatic rings. The number of benzene rings is 1. The van der Waals surface area contributed by atoms with E-state index in [1.807, 2.05) is 0 Å². The van der Waals surface area contributed by atoms with Crippen LogP contribution in [-0.4, -0.2) is 41.8 Å². The van der Waals surface area contributed by atoms with Crippen molar-refractivity contribution in [3.05, 3.63) is 32.8 Å². The lowest BCUT2D eigenvalue weighted by molar-refractivity contribution is -0.385. The predicted octanol–water partition coefficient (Wildman–Crippen LogP) is 2.04. The van der Waals surface area contributed by atoms with Crippen molar-refractivity contribution in [3.63, 3.8) is 0 Å². The van der Waals surface area contributed by atoms with E-state index in [4.69, 9.17) is 16.7 Å². The van der Waals surface area contributed by atoms with Gasteiger partial charge in [-0.2, -0.15) is 4.31 Å². The van der Waals surface area contributed by atoms with Crippen molar-refractivity contribution in [2.45, 2.75) is 24.7 Å². The van der Waals surface area contributed by atoms with E-state index in [0.29, 0.717) is 18.4 Å². The molecule has 1 N–H and O–H groups in total. The first-order chi connectivity index (χ1) is 10.6. The number of carboxylic acid groups (broad SMARTS) is 1. The molecule has 0 spiro atoms. The molecule has 1 unspecified atom stereocenters. The third-order valence-electron chi connectivity index (χ3n) is 3.71. The van der Waals surface area contributed by atoms with Crippen LogP contribution in [-0.2, 0) is 14.8 Å². The molecule has 126 valence electrons. The Morgan fingerprint density at radius 3 is 2.70 bits per heavy atom. The summed E-state index contributed by atoms with van der Waals surface area (Å²) in [6, 6.07) is 2.45. The third-order valence-corrected chi connectivity index (χ3v) is 6.11. The summed E-state index contributed by atoms with van der Waals surface area (Å²) in [6.45, 7) is 1.51. The van der Waals surface area contributed by atoms with E-state index in [9.17, 15) is 23.3 Å². The summed E-state index contributed by atoms with van der Waals surface area (Å²) < 4.78 is 26.5. The highest BCUT2D eigenvalue weighted by Gasteiger charge is 2.36. The Morgan fingerprint density at radius 1 is 1.48 bits per heavy atom. The molecule has 0 aromatic heterocycles. The number of carbonyl (C=O) groups is 1. The number of sulfonamides is 1. The minimum absolute atomic E-state index is 0.157. The van der Waals surface area contributed by atoms with E-state index in [1.165, 1.54) is 19.1 Å². The number of aliphatic carboxylic acids is 1. The highest BCUT2D eigenvalue weighted by molar-refractivity contribution is 7.89. The van der Waals surface area contributed by atoms with Crippen LogP contribution < -0.4 is 0 Å². The largest absolute Gasteiger partial charge is 0.481 e. The SMILES string of the molecule is Cc1cc([N+](=O)[O-])c(Cl)c(S(=O)(=O)N2CCCC(C(=O)O)C2)c1. The van der Waals surface area contributed by atoms with Crippen LogP contribution >= 0.6 is 11.6 Å². The molecule has 1 aromatic carbocycles. The molecule has 0 saturated carbocycles. The second-order valence-electron chi connectivity index (χ2n) is 5.39. The van der Waals surface area contributed by atoms with E-state index in [1.54, 1.807) is 0 Å². The average Bonchev–Trinajstić information content (AvgIpc) is 2.48. The molecule has 0 radical (unpaired) electrons. The van der Waals surface area contributed by atoms with Gasteiger partial charge in [-0.05, 0) is 31.4 Å². The lowest BCUT2D eigenvalue weighted by atomic mass is 10.0. The standard InChI is InChI=1S/C13H15ClN2O6S/c1-8-5-10(16(19)20)12(14)11(6-8)23(21,22)15-4-2-3-9(7-15)13(17)18/h5-6,9H,2-4,7H2,1H3,(H,17,18). The van der Waals surface area contributed by atoms with Gasteiger partial charge in [0.05, 0.1) is 10.8 Å². The first kappa shape index (κ1) is 17.6. The van der Waals surface area contributed by atoms with Crippen molar-refractivity contribution in [2.24, 2.45) is 5.92 Å². The number of hydrogen-bond donors (Lipinski definition) is 1. The Balaban J connectivity index is 2.48. The van der Waals surface area contributed by atoms with Crippen LogP contribution in [0, 0.1) is 23.0 Å². The second-order valence-corrected chi connectivity index (χ2v) is 7.68. The summed E-state index contributed by atoms with van der Waals surface area (Å²) in [7, 11) is -4.10. The van der Waals surface area contributed by atoms with Gasteiger partial charge in [-0.15, -0.1) is 0 Å². The van der Waals surface area contributed by atoms with Gasteiger partial charge < -0.3 is 5.11 Å². The maximum absolute atomic E-state index is 12.7. The van der Waals surface area contributed by atoms with Crippen LogP contribution in [0.25, 0.3) is 0 Å². The Morgan fingerprint density at radius 2 is 2.13 bits per heavy atom. The van der Waals surface area contributed by atoms with E-state index >= 15 is 0 Å². The Hall–Kier alpha value is -1.71. The fourth-order valence-electron chi connectivity index (χ4n) is 2.54. The summed E-state index contributed by atoms with van der Waals surface area (Å²) in [5, 5.41) is 19.6. The maximum atomic E-state index is 12.7. The maximum Gasteiger partial charge on any atom is 0.307 e. The van der Waals surface area contributed by atoms with E-state index in [0.717, 1.165) is 4.31 Å². The van der Waals surface area contributed by atoms with Crippen molar-refractivity contribution in [1.82, 2.24) is 4.31 Å². The van der Waals surface area contributed by atoms with Gasteiger partial charge in [0.25, 0.3) is 5.69 Å². The molecule has 1 fully saturated rings. The summed E-state index contributed by atoms with van der Waals surface area (Å²) >= 11 is 5.91. The summed E-state index contributed by atoms with van der Waals surface area (Å²) in [6.07, 6.45) is 0.796. The van der Waals surface area contributed by atoms with Gasteiger partial charge in [0.1, 0.15) is 9.92 Å². The third kappa shape index (κ3) is 3.46. The van der Waals surface area contributed by atoms with Gasteiger partial charge in [-0.1, -0.05) is 11.6 Å². The Labute approximate surface area is 137 Å².